The highest BCUT2D eigenvalue weighted by molar-refractivity contribution is 9.10. The SMILES string of the molecule is Cc1c2c(c(O)c3c(O)c(NC(=O)c4ccc(Br)cc4)ccc13)C(=O)[C@]1(O)C(O)=C(C(N)=O)C(=O)[C@@H](N(C)C)[C@@H]1C2. The van der Waals surface area contributed by atoms with Crippen LogP contribution in [0.3, 0.4) is 0 Å². The highest BCUT2D eigenvalue weighted by Gasteiger charge is 2.62. The van der Waals surface area contributed by atoms with E-state index in [1.165, 1.54) is 25.1 Å². The van der Waals surface area contributed by atoms with Crippen molar-refractivity contribution in [3.63, 3.8) is 0 Å². The number of phenolic OH excluding ortho intramolecular Hbond substituents is 2. The molecule has 0 radical (unpaired) electrons. The van der Waals surface area contributed by atoms with Gasteiger partial charge in [-0.2, -0.15) is 0 Å². The van der Waals surface area contributed by atoms with Crippen molar-refractivity contribution in [3.8, 4) is 11.5 Å². The second-order valence-corrected chi connectivity index (χ2v) is 11.4. The number of fused-ring (bicyclic) bond motifs is 3. The molecule has 41 heavy (non-hydrogen) atoms. The number of benzene rings is 3. The fraction of sp³-hybridized carbons (Fsp3) is 0.241. The smallest absolute Gasteiger partial charge is 0.255 e. The lowest BCUT2D eigenvalue weighted by Crippen LogP contribution is -2.64. The van der Waals surface area contributed by atoms with Gasteiger partial charge in [0, 0.05) is 16.0 Å². The number of nitrogens with zero attached hydrogens (tertiary/aromatic N) is 1. The van der Waals surface area contributed by atoms with Gasteiger partial charge in [0.05, 0.1) is 22.7 Å². The number of carbonyl (C=O) groups excluding carboxylic acids is 4. The molecule has 2 aliphatic rings. The lowest BCUT2D eigenvalue weighted by Gasteiger charge is -2.47. The number of aliphatic hydroxyl groups excluding tert-OH is 1. The third-order valence-electron chi connectivity index (χ3n) is 8.00. The number of rotatable bonds is 4. The summed E-state index contributed by atoms with van der Waals surface area (Å²) in [6.45, 7) is 1.65. The number of aliphatic hydroxyl groups is 2. The molecule has 0 bridgehead atoms. The van der Waals surface area contributed by atoms with Gasteiger partial charge in [-0.1, -0.05) is 22.0 Å². The van der Waals surface area contributed by atoms with Crippen molar-refractivity contribution in [2.75, 3.05) is 19.4 Å². The number of nitrogens with one attached hydrogen (secondary N) is 1. The molecular formula is C29H26BrN3O8. The number of aromatic hydroxyl groups is 2. The first-order chi connectivity index (χ1) is 19.2. The summed E-state index contributed by atoms with van der Waals surface area (Å²) in [6, 6.07) is 8.31. The van der Waals surface area contributed by atoms with Crippen LogP contribution in [-0.4, -0.2) is 74.4 Å². The number of Topliss-reactive ketones (excluding diaryl/α,β-unsaturated/α-hetero) is 2. The van der Waals surface area contributed by atoms with Crippen LogP contribution in [0.4, 0.5) is 5.69 Å². The molecule has 12 heteroatoms. The lowest BCUT2D eigenvalue weighted by atomic mass is 9.61. The van der Waals surface area contributed by atoms with E-state index in [0.717, 1.165) is 4.47 Å². The Morgan fingerprint density at radius 3 is 2.27 bits per heavy atom. The van der Waals surface area contributed by atoms with Crippen LogP contribution in [0.5, 0.6) is 11.5 Å². The number of hydrogen-bond acceptors (Lipinski definition) is 9. The van der Waals surface area contributed by atoms with E-state index in [9.17, 15) is 39.6 Å². The number of ketones is 2. The molecule has 3 aromatic carbocycles. The fourth-order valence-electron chi connectivity index (χ4n) is 5.98. The molecule has 0 spiro atoms. The molecule has 0 unspecified atom stereocenters. The van der Waals surface area contributed by atoms with Crippen molar-refractivity contribution in [1.29, 1.82) is 0 Å². The minimum Gasteiger partial charge on any atom is -0.508 e. The van der Waals surface area contributed by atoms with Crippen molar-refractivity contribution < 1.29 is 39.6 Å². The topological polar surface area (TPSA) is 190 Å². The van der Waals surface area contributed by atoms with Gasteiger partial charge in [0.1, 0.15) is 17.1 Å². The zero-order valence-electron chi connectivity index (χ0n) is 22.2. The maximum atomic E-state index is 14.0. The summed E-state index contributed by atoms with van der Waals surface area (Å²) in [5.41, 5.74) is 2.33. The van der Waals surface area contributed by atoms with Gasteiger partial charge in [-0.25, -0.2) is 0 Å². The third kappa shape index (κ3) is 4.01. The van der Waals surface area contributed by atoms with E-state index in [4.69, 9.17) is 5.73 Å². The second-order valence-electron chi connectivity index (χ2n) is 10.4. The van der Waals surface area contributed by atoms with E-state index in [1.807, 2.05) is 0 Å². The quantitative estimate of drug-likeness (QED) is 0.187. The average Bonchev–Trinajstić information content (AvgIpc) is 2.90. The Hall–Kier alpha value is -4.26. The summed E-state index contributed by atoms with van der Waals surface area (Å²) < 4.78 is 0.768. The molecule has 0 aliphatic heterocycles. The molecular weight excluding hydrogens is 598 g/mol. The number of hydrogen-bond donors (Lipinski definition) is 6. The molecule has 0 saturated carbocycles. The number of nitrogens with two attached hydrogens (primary N) is 1. The number of anilines is 1. The summed E-state index contributed by atoms with van der Waals surface area (Å²) in [4.78, 5) is 53.5. The molecule has 3 atom stereocenters. The van der Waals surface area contributed by atoms with Crippen LogP contribution < -0.4 is 11.1 Å². The zero-order valence-corrected chi connectivity index (χ0v) is 23.7. The van der Waals surface area contributed by atoms with Crippen molar-refractivity contribution in [3.05, 3.63) is 74.5 Å². The summed E-state index contributed by atoms with van der Waals surface area (Å²) in [5, 5.41) is 48.0. The van der Waals surface area contributed by atoms with Crippen molar-refractivity contribution in [2.24, 2.45) is 11.7 Å². The van der Waals surface area contributed by atoms with Gasteiger partial charge in [0.25, 0.3) is 11.8 Å². The third-order valence-corrected chi connectivity index (χ3v) is 8.52. The predicted octanol–water partition coefficient (Wildman–Crippen LogP) is 2.47. The fourth-order valence-corrected chi connectivity index (χ4v) is 6.24. The predicted molar refractivity (Wildman–Crippen MR) is 152 cm³/mol. The van der Waals surface area contributed by atoms with Gasteiger partial charge in [-0.3, -0.25) is 24.1 Å². The first-order valence-electron chi connectivity index (χ1n) is 12.5. The normalized spacial score (nSPS) is 22.1. The largest absolute Gasteiger partial charge is 0.508 e. The molecule has 2 amide bonds. The van der Waals surface area contributed by atoms with Crippen LogP contribution in [0.25, 0.3) is 10.8 Å². The Morgan fingerprint density at radius 2 is 1.68 bits per heavy atom. The number of primary amides is 1. The highest BCUT2D eigenvalue weighted by atomic mass is 79.9. The summed E-state index contributed by atoms with van der Waals surface area (Å²) in [6.07, 6.45) is -0.138. The van der Waals surface area contributed by atoms with E-state index < -0.39 is 63.8 Å². The van der Waals surface area contributed by atoms with Crippen LogP contribution in [0.15, 0.2) is 52.2 Å². The van der Waals surface area contributed by atoms with E-state index in [2.05, 4.69) is 21.2 Å². The van der Waals surface area contributed by atoms with Crippen molar-refractivity contribution in [2.45, 2.75) is 25.0 Å². The van der Waals surface area contributed by atoms with Gasteiger partial charge in [0.15, 0.2) is 17.1 Å². The number of aryl methyl sites for hydroxylation is 1. The maximum absolute atomic E-state index is 14.0. The first kappa shape index (κ1) is 28.3. The van der Waals surface area contributed by atoms with E-state index in [0.29, 0.717) is 22.1 Å². The maximum Gasteiger partial charge on any atom is 0.255 e. The summed E-state index contributed by atoms with van der Waals surface area (Å²) in [7, 11) is 3.05. The lowest BCUT2D eigenvalue weighted by molar-refractivity contribution is -0.132. The van der Waals surface area contributed by atoms with Gasteiger partial charge in [-0.15, -0.1) is 0 Å². The molecule has 0 heterocycles. The minimum absolute atomic E-state index is 0.0467. The number of phenols is 2. The highest BCUT2D eigenvalue weighted by Crippen LogP contribution is 2.51. The van der Waals surface area contributed by atoms with Gasteiger partial charge >= 0.3 is 0 Å². The Labute approximate surface area is 242 Å². The molecule has 0 saturated heterocycles. The van der Waals surface area contributed by atoms with E-state index in [-0.39, 0.29) is 23.1 Å². The molecule has 7 N–H and O–H groups in total. The Morgan fingerprint density at radius 1 is 1.05 bits per heavy atom. The zero-order chi connectivity index (χ0) is 30.1. The summed E-state index contributed by atoms with van der Waals surface area (Å²) in [5.74, 6) is -7.46. The van der Waals surface area contributed by atoms with E-state index in [1.54, 1.807) is 37.3 Å². The second kappa shape index (κ2) is 9.68. The van der Waals surface area contributed by atoms with Crippen molar-refractivity contribution >= 4 is 55.8 Å². The molecule has 11 nitrogen and oxygen atoms in total. The van der Waals surface area contributed by atoms with Gasteiger partial charge < -0.3 is 31.5 Å². The number of carbonyl (C=O) groups is 4. The Bertz CT molecular complexity index is 1730. The molecule has 3 aromatic rings. The molecule has 5 rings (SSSR count). The minimum atomic E-state index is -2.76. The van der Waals surface area contributed by atoms with Crippen LogP contribution in [0.1, 0.15) is 31.8 Å². The number of amides is 2. The summed E-state index contributed by atoms with van der Waals surface area (Å²) >= 11 is 3.30. The molecule has 212 valence electrons. The first-order valence-corrected chi connectivity index (χ1v) is 13.3. The number of likely N-dealkylation sites (N-methyl/N-ethyl adjacent to an activating group) is 1. The Balaban J connectivity index is 1.70. The Kier molecular flexibility index (Phi) is 6.68. The monoisotopic (exact) mass is 623 g/mol. The number of halogens is 1. The van der Waals surface area contributed by atoms with Gasteiger partial charge in [-0.05, 0) is 74.3 Å². The van der Waals surface area contributed by atoms with Crippen molar-refractivity contribution in [1.82, 2.24) is 4.90 Å². The molecule has 0 aromatic heterocycles. The van der Waals surface area contributed by atoms with Crippen LogP contribution >= 0.6 is 15.9 Å². The van der Waals surface area contributed by atoms with Gasteiger partial charge in [0.2, 0.25) is 5.78 Å². The molecule has 2 aliphatic carbocycles. The van der Waals surface area contributed by atoms with Crippen LogP contribution in [-0.2, 0) is 16.0 Å². The molecule has 0 fully saturated rings. The van der Waals surface area contributed by atoms with Crippen LogP contribution in [0.2, 0.25) is 0 Å². The van der Waals surface area contributed by atoms with E-state index >= 15 is 0 Å². The average molecular weight is 624 g/mol. The standard InChI is InChI=1S/C29H26BrN3O8/c1-11-14-8-9-17(32-28(40)12-4-6-13(30)7-5-12)22(34)18(14)23(35)19-15(11)10-16-21(33(2)3)24(36)20(27(31)39)26(38)29(16,41)25(19)37/h4-9,16,21,34-35,38,41H,10H2,1-3H3,(H2,31,39)(H,32,40)/t16-,21-,29-/m0/s1. The van der Waals surface area contributed by atoms with Crippen LogP contribution in [0, 0.1) is 12.8 Å².